The molecule has 0 radical (unpaired) electrons. The molecule has 0 rings (SSSR count). The van der Waals surface area contributed by atoms with Crippen molar-refractivity contribution in [2.24, 2.45) is 0 Å². The Balaban J connectivity index is 4.49. The van der Waals surface area contributed by atoms with Gasteiger partial charge in [0.2, 0.25) is 0 Å². The molecule has 0 aromatic carbocycles. The monoisotopic (exact) mass is 206 g/mol. The molecule has 0 aliphatic carbocycles. The second-order valence-corrected chi connectivity index (χ2v) is 3.61. The van der Waals surface area contributed by atoms with Gasteiger partial charge in [-0.05, 0) is 38.3 Å². The molecule has 0 saturated heterocycles. The molecule has 0 spiro atoms. The summed E-state index contributed by atoms with van der Waals surface area (Å²) in [6, 6.07) is 0. The summed E-state index contributed by atoms with van der Waals surface area (Å²) in [4.78, 5) is 0. The number of hydrogen-bond donors (Lipinski definition) is 2. The van der Waals surface area contributed by atoms with Gasteiger partial charge in [0.15, 0.2) is 5.79 Å². The minimum Gasteiger partial charge on any atom is -0.362 e. The summed E-state index contributed by atoms with van der Waals surface area (Å²) >= 11 is 0. The molecule has 0 saturated carbocycles. The summed E-state index contributed by atoms with van der Waals surface area (Å²) in [5.41, 5.74) is 1.57. The molecule has 0 amide bonds. The fourth-order valence-electron chi connectivity index (χ4n) is 1.17. The first-order valence-electron chi connectivity index (χ1n) is 4.80. The number of hydrogen-bond acceptors (Lipinski definition) is 2. The van der Waals surface area contributed by atoms with Crippen molar-refractivity contribution < 1.29 is 10.2 Å². The van der Waals surface area contributed by atoms with Gasteiger partial charge in [-0.15, -0.1) is 6.42 Å². The van der Waals surface area contributed by atoms with Crippen LogP contribution in [0.3, 0.4) is 0 Å². The van der Waals surface area contributed by atoms with Crippen LogP contribution in [0, 0.1) is 12.3 Å². The zero-order valence-electron chi connectivity index (χ0n) is 9.33. The average Bonchev–Trinajstić information content (AvgIpc) is 2.10. The molecular formula is C13H18O2. The van der Waals surface area contributed by atoms with Gasteiger partial charge >= 0.3 is 0 Å². The molecular weight excluding hydrogens is 188 g/mol. The van der Waals surface area contributed by atoms with Gasteiger partial charge in [0.1, 0.15) is 0 Å². The third-order valence-electron chi connectivity index (χ3n) is 2.05. The first-order chi connectivity index (χ1) is 6.91. The lowest BCUT2D eigenvalue weighted by Crippen LogP contribution is -2.26. The van der Waals surface area contributed by atoms with Gasteiger partial charge in [-0.1, -0.05) is 30.2 Å². The van der Waals surface area contributed by atoms with E-state index in [1.54, 1.807) is 18.2 Å². The number of allylic oxidation sites excluding steroid dienone is 4. The maximum absolute atomic E-state index is 9.43. The van der Waals surface area contributed by atoms with Crippen LogP contribution in [0.25, 0.3) is 0 Å². The molecule has 0 unspecified atom stereocenters. The summed E-state index contributed by atoms with van der Waals surface area (Å²) in [5.74, 6) is 0.648. The van der Waals surface area contributed by atoms with Crippen LogP contribution in [-0.2, 0) is 0 Å². The van der Waals surface area contributed by atoms with Gasteiger partial charge in [-0.25, -0.2) is 0 Å². The van der Waals surface area contributed by atoms with Crippen LogP contribution in [0.2, 0.25) is 0 Å². The van der Waals surface area contributed by atoms with E-state index in [0.29, 0.717) is 18.4 Å². The first-order valence-corrected chi connectivity index (χ1v) is 4.80. The molecule has 0 fully saturated rings. The summed E-state index contributed by atoms with van der Waals surface area (Å²) < 4.78 is 0. The zero-order chi connectivity index (χ0) is 11.9. The van der Waals surface area contributed by atoms with E-state index in [4.69, 9.17) is 6.42 Å². The molecule has 2 heteroatoms. The smallest absolute Gasteiger partial charge is 0.182 e. The Labute approximate surface area is 91.6 Å². The lowest BCUT2D eigenvalue weighted by atomic mass is 9.99. The number of terminal acetylenes is 1. The quantitative estimate of drug-likeness (QED) is 0.411. The lowest BCUT2D eigenvalue weighted by Gasteiger charge is -2.20. The van der Waals surface area contributed by atoms with Crippen molar-refractivity contribution >= 4 is 0 Å². The Morgan fingerprint density at radius 1 is 1.47 bits per heavy atom. The molecule has 82 valence electrons. The molecule has 0 aromatic rings. The minimum atomic E-state index is -1.79. The van der Waals surface area contributed by atoms with E-state index in [1.807, 2.05) is 6.92 Å². The van der Waals surface area contributed by atoms with Crippen molar-refractivity contribution in [3.8, 4) is 12.3 Å². The Bertz CT molecular complexity index is 308. The Morgan fingerprint density at radius 3 is 2.47 bits per heavy atom. The molecule has 2 N–H and O–H groups in total. The maximum atomic E-state index is 9.43. The van der Waals surface area contributed by atoms with E-state index in [2.05, 4.69) is 12.5 Å². The van der Waals surface area contributed by atoms with Crippen molar-refractivity contribution in [3.05, 3.63) is 36.0 Å². The van der Waals surface area contributed by atoms with Gasteiger partial charge in [0.05, 0.1) is 0 Å². The highest BCUT2D eigenvalue weighted by Gasteiger charge is 2.20. The first kappa shape index (κ1) is 13.7. The van der Waals surface area contributed by atoms with Crippen LogP contribution in [-0.4, -0.2) is 16.0 Å². The molecule has 0 aliphatic heterocycles. The van der Waals surface area contributed by atoms with Crippen molar-refractivity contribution in [1.29, 1.82) is 0 Å². The fourth-order valence-corrected chi connectivity index (χ4v) is 1.17. The summed E-state index contributed by atoms with van der Waals surface area (Å²) in [7, 11) is 0. The Kier molecular flexibility index (Phi) is 5.69. The average molecular weight is 206 g/mol. The lowest BCUT2D eigenvalue weighted by molar-refractivity contribution is -0.113. The second kappa shape index (κ2) is 6.23. The number of aliphatic hydroxyl groups is 2. The van der Waals surface area contributed by atoms with Crippen LogP contribution >= 0.6 is 0 Å². The summed E-state index contributed by atoms with van der Waals surface area (Å²) in [5, 5.41) is 18.9. The highest BCUT2D eigenvalue weighted by Crippen LogP contribution is 2.20. The van der Waals surface area contributed by atoms with Gasteiger partial charge in [-0.3, -0.25) is 0 Å². The van der Waals surface area contributed by atoms with E-state index in [0.717, 1.165) is 5.57 Å². The van der Waals surface area contributed by atoms with Crippen LogP contribution in [0.15, 0.2) is 36.0 Å². The Morgan fingerprint density at radius 2 is 2.07 bits per heavy atom. The molecule has 0 atom stereocenters. The van der Waals surface area contributed by atoms with Crippen LogP contribution < -0.4 is 0 Å². The SMILES string of the molecule is C#CC=C(C)CCC(=CC=C)C(C)(O)O. The van der Waals surface area contributed by atoms with Gasteiger partial charge in [0.25, 0.3) is 0 Å². The normalized spacial score (nSPS) is 13.5. The van der Waals surface area contributed by atoms with Gasteiger partial charge in [0, 0.05) is 0 Å². The van der Waals surface area contributed by atoms with E-state index in [1.165, 1.54) is 6.92 Å². The molecule has 0 aliphatic rings. The van der Waals surface area contributed by atoms with E-state index >= 15 is 0 Å². The summed E-state index contributed by atoms with van der Waals surface area (Å²) in [6.07, 6.45) is 11.2. The maximum Gasteiger partial charge on any atom is 0.182 e. The van der Waals surface area contributed by atoms with E-state index < -0.39 is 5.79 Å². The third kappa shape index (κ3) is 5.90. The van der Waals surface area contributed by atoms with Gasteiger partial charge in [-0.2, -0.15) is 0 Å². The molecule has 15 heavy (non-hydrogen) atoms. The molecule has 0 heterocycles. The Hall–Kier alpha value is -1.30. The largest absolute Gasteiger partial charge is 0.362 e. The van der Waals surface area contributed by atoms with E-state index in [9.17, 15) is 10.2 Å². The highest BCUT2D eigenvalue weighted by molar-refractivity contribution is 5.21. The zero-order valence-corrected chi connectivity index (χ0v) is 9.33. The standard InChI is InChI=1S/C13H18O2/c1-5-7-11(3)9-10-12(8-6-2)13(4,14)15/h1,6-8,14-15H,2,9-10H2,3-4H3. The fraction of sp³-hybridized carbons (Fsp3) is 0.385. The second-order valence-electron chi connectivity index (χ2n) is 3.61. The van der Waals surface area contributed by atoms with Gasteiger partial charge < -0.3 is 10.2 Å². The van der Waals surface area contributed by atoms with E-state index in [-0.39, 0.29) is 0 Å². The van der Waals surface area contributed by atoms with Crippen molar-refractivity contribution in [2.45, 2.75) is 32.5 Å². The molecule has 0 aromatic heterocycles. The number of rotatable bonds is 5. The van der Waals surface area contributed by atoms with Crippen LogP contribution in [0.4, 0.5) is 0 Å². The minimum absolute atomic E-state index is 0.530. The molecule has 0 bridgehead atoms. The predicted molar refractivity (Wildman–Crippen MR) is 62.9 cm³/mol. The topological polar surface area (TPSA) is 40.5 Å². The molecule has 2 nitrogen and oxygen atoms in total. The van der Waals surface area contributed by atoms with Crippen molar-refractivity contribution in [3.63, 3.8) is 0 Å². The van der Waals surface area contributed by atoms with Crippen LogP contribution in [0.5, 0.6) is 0 Å². The van der Waals surface area contributed by atoms with Crippen LogP contribution in [0.1, 0.15) is 26.7 Å². The van der Waals surface area contributed by atoms with Crippen molar-refractivity contribution in [2.75, 3.05) is 0 Å². The third-order valence-corrected chi connectivity index (χ3v) is 2.05. The van der Waals surface area contributed by atoms with Crippen molar-refractivity contribution in [1.82, 2.24) is 0 Å². The predicted octanol–water partition coefficient (Wildman–Crippen LogP) is 2.16. The highest BCUT2D eigenvalue weighted by atomic mass is 16.5. The summed E-state index contributed by atoms with van der Waals surface area (Å²) in [6.45, 7) is 6.78.